The number of nitrogens with two attached hydrogens (primary N) is 1. The van der Waals surface area contributed by atoms with Crippen LogP contribution >= 0.6 is 0 Å². The summed E-state index contributed by atoms with van der Waals surface area (Å²) in [6.45, 7) is 3.62. The summed E-state index contributed by atoms with van der Waals surface area (Å²) in [5.74, 6) is 0. The van der Waals surface area contributed by atoms with E-state index in [0.717, 1.165) is 25.7 Å². The van der Waals surface area contributed by atoms with Gasteiger partial charge in [0.15, 0.2) is 0 Å². The van der Waals surface area contributed by atoms with Crippen molar-refractivity contribution >= 4 is 0 Å². The van der Waals surface area contributed by atoms with Gasteiger partial charge in [-0.25, -0.2) is 0 Å². The first-order chi connectivity index (χ1) is 5.16. The van der Waals surface area contributed by atoms with E-state index in [1.54, 1.807) is 6.08 Å². The van der Waals surface area contributed by atoms with Crippen LogP contribution in [-0.2, 0) is 0 Å². The summed E-state index contributed by atoms with van der Waals surface area (Å²) < 4.78 is 0. The Kier molecular flexibility index (Phi) is 2.68. The maximum Gasteiger partial charge on any atom is 0.0696 e. The quantitative estimate of drug-likeness (QED) is 0.588. The predicted octanol–water partition coefficient (Wildman–Crippen LogP) is 1.19. The molecule has 0 amide bonds. The molecule has 0 saturated heterocycles. The predicted molar refractivity (Wildman–Crippen MR) is 46.2 cm³/mol. The first-order valence-corrected chi connectivity index (χ1v) is 4.25. The van der Waals surface area contributed by atoms with Crippen LogP contribution in [0.25, 0.3) is 0 Å². The average molecular weight is 155 g/mol. The van der Waals surface area contributed by atoms with Crippen LogP contribution in [0, 0.1) is 0 Å². The fourth-order valence-electron chi connectivity index (χ4n) is 1.84. The summed E-state index contributed by atoms with van der Waals surface area (Å²) in [5, 5.41) is 9.89. The Morgan fingerprint density at radius 2 is 2.45 bits per heavy atom. The minimum absolute atomic E-state index is 0.189. The van der Waals surface area contributed by atoms with Gasteiger partial charge in [0.2, 0.25) is 0 Å². The van der Waals surface area contributed by atoms with Crippen LogP contribution in [0.15, 0.2) is 12.7 Å². The molecule has 2 unspecified atom stereocenters. The summed E-state index contributed by atoms with van der Waals surface area (Å²) >= 11 is 0. The van der Waals surface area contributed by atoms with Crippen molar-refractivity contribution in [2.45, 2.75) is 43.7 Å². The van der Waals surface area contributed by atoms with Crippen molar-refractivity contribution < 1.29 is 5.11 Å². The van der Waals surface area contributed by atoms with Crippen LogP contribution in [-0.4, -0.2) is 16.7 Å². The molecule has 3 N–H and O–H groups in total. The third-order valence-electron chi connectivity index (χ3n) is 2.38. The summed E-state index contributed by atoms with van der Waals surface area (Å²) in [7, 11) is 0. The number of hydrogen-bond acceptors (Lipinski definition) is 2. The largest absolute Gasteiger partial charge is 0.390 e. The fourth-order valence-corrected chi connectivity index (χ4v) is 1.84. The zero-order valence-corrected chi connectivity index (χ0v) is 6.92. The van der Waals surface area contributed by atoms with Crippen LogP contribution in [0.2, 0.25) is 0 Å². The van der Waals surface area contributed by atoms with Crippen LogP contribution in [0.1, 0.15) is 32.1 Å². The number of hydrogen-bond donors (Lipinski definition) is 2. The van der Waals surface area contributed by atoms with E-state index in [0.29, 0.717) is 6.42 Å². The number of rotatable bonds is 2. The highest BCUT2D eigenvalue weighted by Crippen LogP contribution is 2.30. The van der Waals surface area contributed by atoms with Crippen LogP contribution < -0.4 is 5.73 Å². The van der Waals surface area contributed by atoms with Gasteiger partial charge in [-0.1, -0.05) is 6.08 Å². The lowest BCUT2D eigenvalue weighted by atomic mass is 9.80. The van der Waals surface area contributed by atoms with Crippen molar-refractivity contribution in [3.05, 3.63) is 12.7 Å². The maximum atomic E-state index is 9.89. The fraction of sp³-hybridized carbons (Fsp3) is 0.778. The molecule has 0 heterocycles. The van der Waals surface area contributed by atoms with Gasteiger partial charge in [0.1, 0.15) is 0 Å². The van der Waals surface area contributed by atoms with Gasteiger partial charge < -0.3 is 10.8 Å². The van der Waals surface area contributed by atoms with E-state index in [1.807, 2.05) is 0 Å². The van der Waals surface area contributed by atoms with Crippen LogP contribution in [0.4, 0.5) is 0 Å². The van der Waals surface area contributed by atoms with Gasteiger partial charge in [-0.15, -0.1) is 6.58 Å². The molecule has 0 radical (unpaired) electrons. The van der Waals surface area contributed by atoms with Gasteiger partial charge in [-0.3, -0.25) is 0 Å². The summed E-state index contributed by atoms with van der Waals surface area (Å²) in [6, 6.07) is 0.189. The Labute approximate surface area is 68.1 Å². The topological polar surface area (TPSA) is 46.2 Å². The van der Waals surface area contributed by atoms with Gasteiger partial charge in [-0.2, -0.15) is 0 Å². The van der Waals surface area contributed by atoms with Crippen molar-refractivity contribution in [2.24, 2.45) is 5.73 Å². The molecular weight excluding hydrogens is 138 g/mol. The first kappa shape index (κ1) is 8.75. The molecule has 2 nitrogen and oxygen atoms in total. The summed E-state index contributed by atoms with van der Waals surface area (Å²) in [4.78, 5) is 0. The van der Waals surface area contributed by atoms with Crippen molar-refractivity contribution in [1.82, 2.24) is 0 Å². The molecule has 1 saturated carbocycles. The van der Waals surface area contributed by atoms with Crippen molar-refractivity contribution in [3.63, 3.8) is 0 Å². The third-order valence-corrected chi connectivity index (χ3v) is 2.38. The standard InChI is InChI=1S/C9H17NO/c1-2-5-9(11)6-3-4-8(10)7-9/h2,8,11H,1,3-7,10H2. The highest BCUT2D eigenvalue weighted by molar-refractivity contribution is 4.92. The molecule has 0 bridgehead atoms. The van der Waals surface area contributed by atoms with E-state index in [4.69, 9.17) is 5.73 Å². The van der Waals surface area contributed by atoms with E-state index in [-0.39, 0.29) is 6.04 Å². The van der Waals surface area contributed by atoms with E-state index in [9.17, 15) is 5.11 Å². The molecule has 1 fully saturated rings. The zero-order chi connectivity index (χ0) is 8.32. The van der Waals surface area contributed by atoms with Gasteiger partial charge in [0.25, 0.3) is 0 Å². The lowest BCUT2D eigenvalue weighted by Gasteiger charge is -2.34. The molecule has 1 rings (SSSR count). The monoisotopic (exact) mass is 155 g/mol. The van der Waals surface area contributed by atoms with Gasteiger partial charge in [0.05, 0.1) is 5.60 Å². The Morgan fingerprint density at radius 3 is 3.00 bits per heavy atom. The highest BCUT2D eigenvalue weighted by Gasteiger charge is 2.31. The third kappa shape index (κ3) is 2.31. The van der Waals surface area contributed by atoms with Crippen molar-refractivity contribution in [1.29, 1.82) is 0 Å². The van der Waals surface area contributed by atoms with Crippen molar-refractivity contribution in [2.75, 3.05) is 0 Å². The molecule has 0 aliphatic heterocycles. The molecule has 0 spiro atoms. The number of aliphatic hydroxyl groups is 1. The molecule has 0 aromatic rings. The molecule has 0 aromatic carbocycles. The summed E-state index contributed by atoms with van der Waals surface area (Å²) in [6.07, 6.45) is 6.18. The Balaban J connectivity index is 2.47. The maximum absolute atomic E-state index is 9.89. The van der Waals surface area contributed by atoms with E-state index < -0.39 is 5.60 Å². The lowest BCUT2D eigenvalue weighted by molar-refractivity contribution is 0.000566. The second kappa shape index (κ2) is 3.37. The van der Waals surface area contributed by atoms with Gasteiger partial charge in [0, 0.05) is 6.04 Å². The molecule has 0 aromatic heterocycles. The SMILES string of the molecule is C=CCC1(O)CCCC(N)C1. The second-order valence-corrected chi connectivity index (χ2v) is 3.57. The molecule has 2 heteroatoms. The Bertz CT molecular complexity index is 146. The highest BCUT2D eigenvalue weighted by atomic mass is 16.3. The first-order valence-electron chi connectivity index (χ1n) is 4.25. The zero-order valence-electron chi connectivity index (χ0n) is 6.92. The average Bonchev–Trinajstić information content (AvgIpc) is 1.86. The Morgan fingerprint density at radius 1 is 1.73 bits per heavy atom. The second-order valence-electron chi connectivity index (χ2n) is 3.57. The van der Waals surface area contributed by atoms with E-state index in [2.05, 4.69) is 6.58 Å². The van der Waals surface area contributed by atoms with E-state index in [1.165, 1.54) is 0 Å². The van der Waals surface area contributed by atoms with E-state index >= 15 is 0 Å². The van der Waals surface area contributed by atoms with Gasteiger partial charge >= 0.3 is 0 Å². The molecule has 2 atom stereocenters. The smallest absolute Gasteiger partial charge is 0.0696 e. The lowest BCUT2D eigenvalue weighted by Crippen LogP contribution is -2.40. The molecule has 1 aliphatic carbocycles. The molecule has 1 aliphatic rings. The molecular formula is C9H17NO. The van der Waals surface area contributed by atoms with Gasteiger partial charge in [-0.05, 0) is 32.1 Å². The Hall–Kier alpha value is -0.340. The normalized spacial score (nSPS) is 38.5. The minimum atomic E-state index is -0.542. The van der Waals surface area contributed by atoms with Crippen LogP contribution in [0.3, 0.4) is 0 Å². The molecule has 64 valence electrons. The molecule has 11 heavy (non-hydrogen) atoms. The minimum Gasteiger partial charge on any atom is -0.390 e. The van der Waals surface area contributed by atoms with Crippen molar-refractivity contribution in [3.8, 4) is 0 Å². The van der Waals surface area contributed by atoms with Crippen LogP contribution in [0.5, 0.6) is 0 Å². The summed E-state index contributed by atoms with van der Waals surface area (Å²) in [5.41, 5.74) is 5.20.